The number of halogens is 1. The smallest absolute Gasteiger partial charge is 0.191 e. The minimum absolute atomic E-state index is 0. The maximum atomic E-state index is 5.48. The molecule has 1 fully saturated rings. The summed E-state index contributed by atoms with van der Waals surface area (Å²) in [7, 11) is 1.72. The quantitative estimate of drug-likeness (QED) is 0.344. The van der Waals surface area contributed by atoms with E-state index in [1.807, 2.05) is 0 Å². The highest BCUT2D eigenvalue weighted by Crippen LogP contribution is 2.20. The minimum Gasteiger partial charge on any atom is -0.496 e. The number of nitrogens with zero attached hydrogens (tertiary/aromatic N) is 2. The van der Waals surface area contributed by atoms with Crippen LogP contribution in [0.2, 0.25) is 0 Å². The molecule has 2 N–H and O–H groups in total. The van der Waals surface area contributed by atoms with Crippen LogP contribution in [0, 0.1) is 6.92 Å². The maximum Gasteiger partial charge on any atom is 0.191 e. The zero-order valence-corrected chi connectivity index (χ0v) is 19.0. The minimum atomic E-state index is 0. The van der Waals surface area contributed by atoms with Crippen LogP contribution in [0.15, 0.2) is 23.2 Å². The molecule has 0 saturated carbocycles. The third kappa shape index (κ3) is 6.95. The Bertz CT molecular complexity index is 559. The van der Waals surface area contributed by atoms with Crippen LogP contribution in [0.1, 0.15) is 44.2 Å². The number of guanidine groups is 1. The van der Waals surface area contributed by atoms with Gasteiger partial charge in [-0.15, -0.1) is 24.0 Å². The van der Waals surface area contributed by atoms with Crippen LogP contribution in [0.5, 0.6) is 5.75 Å². The summed E-state index contributed by atoms with van der Waals surface area (Å²) in [6.07, 6.45) is 3.83. The first kappa shape index (κ1) is 23.0. The van der Waals surface area contributed by atoms with Crippen LogP contribution in [-0.2, 0) is 6.54 Å². The number of hydrogen-bond donors (Lipinski definition) is 2. The maximum absolute atomic E-state index is 5.48. The number of nitrogens with one attached hydrogen (secondary N) is 2. The van der Waals surface area contributed by atoms with E-state index in [9.17, 15) is 0 Å². The third-order valence-corrected chi connectivity index (χ3v) is 4.83. The van der Waals surface area contributed by atoms with Crippen LogP contribution in [0.4, 0.5) is 0 Å². The predicted octanol–water partition coefficient (Wildman–Crippen LogP) is 3.55. The van der Waals surface area contributed by atoms with Gasteiger partial charge in [0, 0.05) is 24.7 Å². The molecule has 1 aromatic carbocycles. The van der Waals surface area contributed by atoms with Gasteiger partial charge >= 0.3 is 0 Å². The van der Waals surface area contributed by atoms with Gasteiger partial charge in [0.1, 0.15) is 5.75 Å². The fraction of sp³-hybridized carbons (Fsp3) is 0.650. The van der Waals surface area contributed by atoms with Crippen LogP contribution in [-0.4, -0.2) is 50.2 Å². The Hall–Kier alpha value is -1.02. The topological polar surface area (TPSA) is 48.9 Å². The van der Waals surface area contributed by atoms with E-state index in [1.54, 1.807) is 7.11 Å². The Kier molecular flexibility index (Phi) is 11.0. The van der Waals surface area contributed by atoms with Crippen molar-refractivity contribution in [2.75, 3.05) is 33.3 Å². The molecule has 0 spiro atoms. The summed E-state index contributed by atoms with van der Waals surface area (Å²) in [5.41, 5.74) is 2.31. The second-order valence-electron chi connectivity index (χ2n) is 6.70. The van der Waals surface area contributed by atoms with Crippen LogP contribution >= 0.6 is 24.0 Å². The highest BCUT2D eigenvalue weighted by molar-refractivity contribution is 14.0. The van der Waals surface area contributed by atoms with Crippen LogP contribution in [0.3, 0.4) is 0 Å². The van der Waals surface area contributed by atoms with Gasteiger partial charge in [-0.2, -0.15) is 0 Å². The first-order valence-corrected chi connectivity index (χ1v) is 9.57. The molecule has 5 nitrogen and oxygen atoms in total. The second kappa shape index (κ2) is 12.4. The molecule has 1 unspecified atom stereocenters. The number of methoxy groups -OCH3 is 1. The van der Waals surface area contributed by atoms with Crippen molar-refractivity contribution in [3.8, 4) is 5.75 Å². The number of aliphatic imine (C=N–C) groups is 1. The molecule has 0 aliphatic carbocycles. The Morgan fingerprint density at radius 3 is 2.58 bits per heavy atom. The standard InChI is InChI=1S/C20H34N4O.HI/c1-5-18(24-11-7-8-12-24)15-23-20(21-6-2)22-14-17-10-9-16(3)13-19(17)25-4;/h9-10,13,18H,5-8,11-12,14-15H2,1-4H3,(H2,21,22,23);1H. The molecule has 1 atom stereocenters. The molecule has 0 bridgehead atoms. The van der Waals surface area contributed by atoms with Gasteiger partial charge in [-0.05, 0) is 57.8 Å². The summed E-state index contributed by atoms with van der Waals surface area (Å²) in [4.78, 5) is 7.35. The lowest BCUT2D eigenvalue weighted by atomic mass is 10.1. The number of ether oxygens (including phenoxy) is 1. The van der Waals surface area contributed by atoms with Gasteiger partial charge in [0.15, 0.2) is 5.96 Å². The van der Waals surface area contributed by atoms with Crippen molar-refractivity contribution in [3.63, 3.8) is 0 Å². The molecule has 0 aromatic heterocycles. The molecule has 0 radical (unpaired) electrons. The van der Waals surface area contributed by atoms with E-state index in [0.717, 1.165) is 36.8 Å². The van der Waals surface area contributed by atoms with Crippen molar-refractivity contribution in [2.24, 2.45) is 4.99 Å². The summed E-state index contributed by atoms with van der Waals surface area (Å²) < 4.78 is 5.48. The number of benzene rings is 1. The molecule has 148 valence electrons. The molecule has 0 amide bonds. The van der Waals surface area contributed by atoms with Crippen molar-refractivity contribution >= 4 is 29.9 Å². The van der Waals surface area contributed by atoms with Gasteiger partial charge in [-0.3, -0.25) is 4.90 Å². The van der Waals surface area contributed by atoms with Gasteiger partial charge in [-0.1, -0.05) is 19.1 Å². The Labute approximate surface area is 176 Å². The van der Waals surface area contributed by atoms with E-state index in [2.05, 4.69) is 54.5 Å². The van der Waals surface area contributed by atoms with Gasteiger partial charge < -0.3 is 15.4 Å². The third-order valence-electron chi connectivity index (χ3n) is 4.83. The molecule has 1 aliphatic heterocycles. The Balaban J connectivity index is 0.00000338. The fourth-order valence-electron chi connectivity index (χ4n) is 3.34. The normalized spacial score (nSPS) is 16.1. The van der Waals surface area contributed by atoms with E-state index in [-0.39, 0.29) is 24.0 Å². The summed E-state index contributed by atoms with van der Waals surface area (Å²) >= 11 is 0. The van der Waals surface area contributed by atoms with Crippen molar-refractivity contribution in [2.45, 2.75) is 52.6 Å². The zero-order valence-electron chi connectivity index (χ0n) is 16.7. The lowest BCUT2D eigenvalue weighted by molar-refractivity contribution is 0.236. The molecule has 1 heterocycles. The average Bonchev–Trinajstić information content (AvgIpc) is 3.15. The molecule has 1 aliphatic rings. The first-order chi connectivity index (χ1) is 12.2. The largest absolute Gasteiger partial charge is 0.496 e. The first-order valence-electron chi connectivity index (χ1n) is 9.57. The predicted molar refractivity (Wildman–Crippen MR) is 121 cm³/mol. The van der Waals surface area contributed by atoms with Gasteiger partial charge in [-0.25, -0.2) is 4.99 Å². The molecule has 26 heavy (non-hydrogen) atoms. The SMILES string of the molecule is CCNC(=NCc1ccc(C)cc1OC)NCC(CC)N1CCCC1.I. The monoisotopic (exact) mass is 474 g/mol. The Morgan fingerprint density at radius 1 is 1.23 bits per heavy atom. The van der Waals surface area contributed by atoms with Crippen molar-refractivity contribution < 1.29 is 4.74 Å². The zero-order chi connectivity index (χ0) is 18.1. The van der Waals surface area contributed by atoms with E-state index < -0.39 is 0 Å². The molecule has 6 heteroatoms. The van der Waals surface area contributed by atoms with E-state index in [4.69, 9.17) is 9.73 Å². The van der Waals surface area contributed by atoms with Crippen molar-refractivity contribution in [1.29, 1.82) is 0 Å². The highest BCUT2D eigenvalue weighted by atomic mass is 127. The fourth-order valence-corrected chi connectivity index (χ4v) is 3.34. The lowest BCUT2D eigenvalue weighted by Gasteiger charge is -2.27. The summed E-state index contributed by atoms with van der Waals surface area (Å²) in [6, 6.07) is 6.85. The second-order valence-corrected chi connectivity index (χ2v) is 6.70. The van der Waals surface area contributed by atoms with E-state index in [0.29, 0.717) is 12.6 Å². The van der Waals surface area contributed by atoms with Crippen molar-refractivity contribution in [3.05, 3.63) is 29.3 Å². The highest BCUT2D eigenvalue weighted by Gasteiger charge is 2.20. The number of rotatable bonds is 8. The number of likely N-dealkylation sites (tertiary alicyclic amines) is 1. The summed E-state index contributed by atoms with van der Waals surface area (Å²) in [5, 5.41) is 6.88. The van der Waals surface area contributed by atoms with E-state index in [1.165, 1.54) is 31.5 Å². The van der Waals surface area contributed by atoms with Crippen LogP contribution in [0.25, 0.3) is 0 Å². The summed E-state index contributed by atoms with van der Waals surface area (Å²) in [6.45, 7) is 11.3. The number of aryl methyl sites for hydroxylation is 1. The molecular weight excluding hydrogens is 439 g/mol. The number of hydrogen-bond acceptors (Lipinski definition) is 3. The van der Waals surface area contributed by atoms with Gasteiger partial charge in [0.05, 0.1) is 13.7 Å². The molecule has 2 rings (SSSR count). The lowest BCUT2D eigenvalue weighted by Crippen LogP contribution is -2.46. The molecule has 1 saturated heterocycles. The Morgan fingerprint density at radius 2 is 1.96 bits per heavy atom. The molecule has 1 aromatic rings. The summed E-state index contributed by atoms with van der Waals surface area (Å²) in [5.74, 6) is 1.78. The average molecular weight is 474 g/mol. The molecular formula is C20H35IN4O. The van der Waals surface area contributed by atoms with E-state index >= 15 is 0 Å². The van der Waals surface area contributed by atoms with Gasteiger partial charge in [0.2, 0.25) is 0 Å². The van der Waals surface area contributed by atoms with Crippen LogP contribution < -0.4 is 15.4 Å². The van der Waals surface area contributed by atoms with Gasteiger partial charge in [0.25, 0.3) is 0 Å². The van der Waals surface area contributed by atoms with Crippen molar-refractivity contribution in [1.82, 2.24) is 15.5 Å².